The Labute approximate surface area is 169 Å². The highest BCUT2D eigenvalue weighted by atomic mass is 16.2. The summed E-state index contributed by atoms with van der Waals surface area (Å²) in [5.74, 6) is -0.517. The van der Waals surface area contributed by atoms with Crippen LogP contribution in [-0.2, 0) is 16.1 Å². The molecule has 0 saturated carbocycles. The number of carbonyl (C=O) groups is 2. The van der Waals surface area contributed by atoms with Gasteiger partial charge in [0.1, 0.15) is 18.2 Å². The summed E-state index contributed by atoms with van der Waals surface area (Å²) in [5, 5.41) is 13.1. The van der Waals surface area contributed by atoms with E-state index >= 15 is 0 Å². The van der Waals surface area contributed by atoms with Crippen LogP contribution in [0.3, 0.4) is 0 Å². The van der Waals surface area contributed by atoms with Crippen molar-refractivity contribution in [3.8, 4) is 6.07 Å². The molecule has 0 aliphatic heterocycles. The number of benzene rings is 2. The molecule has 3 aromatic rings. The molecule has 29 heavy (non-hydrogen) atoms. The number of para-hydroxylation sites is 1. The van der Waals surface area contributed by atoms with E-state index in [1.165, 1.54) is 4.90 Å². The van der Waals surface area contributed by atoms with Gasteiger partial charge in [-0.25, -0.2) is 0 Å². The van der Waals surface area contributed by atoms with Crippen LogP contribution in [0.15, 0.2) is 60.3 Å². The Kier molecular flexibility index (Phi) is 5.79. The number of anilines is 1. The van der Waals surface area contributed by atoms with E-state index in [0.717, 1.165) is 27.7 Å². The van der Waals surface area contributed by atoms with Crippen molar-refractivity contribution < 1.29 is 9.59 Å². The van der Waals surface area contributed by atoms with Crippen LogP contribution < -0.4 is 5.32 Å². The van der Waals surface area contributed by atoms with Gasteiger partial charge >= 0.3 is 0 Å². The summed E-state index contributed by atoms with van der Waals surface area (Å²) < 4.78 is 1.82. The van der Waals surface area contributed by atoms with Crippen LogP contribution in [0.25, 0.3) is 17.0 Å². The number of rotatable bonds is 5. The zero-order chi connectivity index (χ0) is 21.0. The lowest BCUT2D eigenvalue weighted by molar-refractivity contribution is -0.124. The molecule has 0 spiro atoms. The molecule has 6 heteroatoms. The van der Waals surface area contributed by atoms with E-state index in [-0.39, 0.29) is 23.9 Å². The van der Waals surface area contributed by atoms with Gasteiger partial charge in [0.2, 0.25) is 5.91 Å². The number of carbonyl (C=O) groups excluding carboxylic acids is 2. The first-order valence-electron chi connectivity index (χ1n) is 9.17. The molecule has 0 radical (unpaired) electrons. The Morgan fingerprint density at radius 3 is 2.48 bits per heavy atom. The first kappa shape index (κ1) is 19.9. The molecule has 2 amide bonds. The van der Waals surface area contributed by atoms with Crippen LogP contribution in [-0.4, -0.2) is 35.4 Å². The van der Waals surface area contributed by atoms with Crippen LogP contribution in [0.1, 0.15) is 11.1 Å². The third-order valence-corrected chi connectivity index (χ3v) is 4.53. The number of nitrogens with one attached hydrogen (secondary N) is 1. The van der Waals surface area contributed by atoms with E-state index in [1.807, 2.05) is 66.1 Å². The van der Waals surface area contributed by atoms with Gasteiger partial charge in [0, 0.05) is 42.4 Å². The maximum absolute atomic E-state index is 12.5. The Morgan fingerprint density at radius 1 is 1.14 bits per heavy atom. The minimum absolute atomic E-state index is 0.0435. The molecule has 2 aromatic carbocycles. The summed E-state index contributed by atoms with van der Waals surface area (Å²) in [6.45, 7) is 2.11. The zero-order valence-corrected chi connectivity index (χ0v) is 16.6. The Bertz CT molecular complexity index is 1130. The molecular weight excluding hydrogens is 364 g/mol. The molecule has 3 rings (SSSR count). The van der Waals surface area contributed by atoms with Gasteiger partial charge in [-0.2, -0.15) is 5.26 Å². The number of nitrogens with zero attached hydrogens (tertiary/aromatic N) is 3. The summed E-state index contributed by atoms with van der Waals surface area (Å²) in [7, 11) is 3.21. The number of amides is 2. The predicted octanol–water partition coefficient (Wildman–Crippen LogP) is 3.58. The molecular formula is C23H22N4O2. The summed E-state index contributed by atoms with van der Waals surface area (Å²) in [4.78, 5) is 26.1. The second-order valence-corrected chi connectivity index (χ2v) is 7.01. The fourth-order valence-corrected chi connectivity index (χ4v) is 3.05. The van der Waals surface area contributed by atoms with Crippen molar-refractivity contribution in [3.05, 3.63) is 71.4 Å². The first-order valence-corrected chi connectivity index (χ1v) is 9.17. The maximum Gasteiger partial charge on any atom is 0.264 e. The normalized spacial score (nSPS) is 11.2. The van der Waals surface area contributed by atoms with Gasteiger partial charge in [-0.3, -0.25) is 9.59 Å². The van der Waals surface area contributed by atoms with Crippen LogP contribution in [0, 0.1) is 18.3 Å². The van der Waals surface area contributed by atoms with Gasteiger partial charge < -0.3 is 14.8 Å². The van der Waals surface area contributed by atoms with Crippen LogP contribution in [0.5, 0.6) is 0 Å². The molecule has 0 aliphatic carbocycles. The fraction of sp³-hybridized carbons (Fsp3) is 0.174. The van der Waals surface area contributed by atoms with Crippen molar-refractivity contribution in [1.29, 1.82) is 5.26 Å². The number of hydrogen-bond donors (Lipinski definition) is 1. The lowest BCUT2D eigenvalue weighted by Crippen LogP contribution is -2.22. The monoisotopic (exact) mass is 386 g/mol. The van der Waals surface area contributed by atoms with Crippen molar-refractivity contribution in [2.75, 3.05) is 19.4 Å². The summed E-state index contributed by atoms with van der Waals surface area (Å²) in [6, 6.07) is 17.2. The third-order valence-electron chi connectivity index (χ3n) is 4.53. The van der Waals surface area contributed by atoms with Gasteiger partial charge in [-0.15, -0.1) is 0 Å². The van der Waals surface area contributed by atoms with Crippen LogP contribution in [0.4, 0.5) is 5.69 Å². The van der Waals surface area contributed by atoms with Crippen molar-refractivity contribution in [1.82, 2.24) is 9.47 Å². The van der Waals surface area contributed by atoms with E-state index in [4.69, 9.17) is 0 Å². The number of aryl methyl sites for hydroxylation is 1. The Morgan fingerprint density at radius 2 is 1.83 bits per heavy atom. The average molecular weight is 386 g/mol. The van der Waals surface area contributed by atoms with E-state index in [1.54, 1.807) is 26.4 Å². The lowest BCUT2D eigenvalue weighted by Gasteiger charge is -2.08. The third kappa shape index (κ3) is 4.53. The Hall–Kier alpha value is -3.85. The number of fused-ring (bicyclic) bond motifs is 1. The minimum Gasteiger partial charge on any atom is -0.344 e. The van der Waals surface area contributed by atoms with Crippen molar-refractivity contribution in [2.45, 2.75) is 13.5 Å². The summed E-state index contributed by atoms with van der Waals surface area (Å²) >= 11 is 0. The highest BCUT2D eigenvalue weighted by Gasteiger charge is 2.15. The summed E-state index contributed by atoms with van der Waals surface area (Å²) in [5.41, 5.74) is 3.47. The molecule has 1 aromatic heterocycles. The molecule has 146 valence electrons. The second-order valence-electron chi connectivity index (χ2n) is 7.01. The van der Waals surface area contributed by atoms with E-state index in [0.29, 0.717) is 0 Å². The lowest BCUT2D eigenvalue weighted by atomic mass is 10.1. The molecule has 0 aliphatic rings. The van der Waals surface area contributed by atoms with Gasteiger partial charge in [-0.05, 0) is 31.2 Å². The molecule has 0 atom stereocenters. The van der Waals surface area contributed by atoms with Gasteiger partial charge in [-0.1, -0.05) is 35.9 Å². The zero-order valence-electron chi connectivity index (χ0n) is 16.6. The molecule has 0 bridgehead atoms. The van der Waals surface area contributed by atoms with Crippen molar-refractivity contribution in [2.24, 2.45) is 0 Å². The maximum atomic E-state index is 12.5. The quantitative estimate of drug-likeness (QED) is 0.538. The molecule has 1 N–H and O–H groups in total. The van der Waals surface area contributed by atoms with Gasteiger partial charge in [0.05, 0.1) is 0 Å². The first-order chi connectivity index (χ1) is 13.9. The van der Waals surface area contributed by atoms with Crippen LogP contribution >= 0.6 is 0 Å². The molecule has 6 nitrogen and oxygen atoms in total. The van der Waals surface area contributed by atoms with Crippen LogP contribution in [0.2, 0.25) is 0 Å². The minimum atomic E-state index is -0.360. The number of nitriles is 1. The highest BCUT2D eigenvalue weighted by molar-refractivity contribution is 6.04. The molecule has 1 heterocycles. The second kappa shape index (κ2) is 8.44. The van der Waals surface area contributed by atoms with Crippen molar-refractivity contribution in [3.63, 3.8) is 0 Å². The number of hydrogen-bond acceptors (Lipinski definition) is 3. The molecule has 0 unspecified atom stereocenters. The standard InChI is InChI=1S/C23H22N4O2/c1-16-8-10-19(11-9-16)25-22(28)15-27-14-18(20-6-4-5-7-21(20)27)12-17(13-24)23(29)26(2)3/h4-12,14H,15H2,1-3H3,(H,25,28)/b17-12-. The van der Waals surface area contributed by atoms with E-state index in [2.05, 4.69) is 5.32 Å². The predicted molar refractivity (Wildman–Crippen MR) is 114 cm³/mol. The number of aromatic nitrogens is 1. The summed E-state index contributed by atoms with van der Waals surface area (Å²) in [6.07, 6.45) is 3.36. The van der Waals surface area contributed by atoms with Gasteiger partial charge in [0.25, 0.3) is 5.91 Å². The molecule has 0 fully saturated rings. The number of likely N-dealkylation sites (N-methyl/N-ethyl adjacent to an activating group) is 1. The highest BCUT2D eigenvalue weighted by Crippen LogP contribution is 2.24. The fourth-order valence-electron chi connectivity index (χ4n) is 3.05. The largest absolute Gasteiger partial charge is 0.344 e. The van der Waals surface area contributed by atoms with Gasteiger partial charge in [0.15, 0.2) is 0 Å². The smallest absolute Gasteiger partial charge is 0.264 e. The average Bonchev–Trinajstić information content (AvgIpc) is 3.04. The SMILES string of the molecule is Cc1ccc(NC(=O)Cn2cc(/C=C(/C#N)C(=O)N(C)C)c3ccccc32)cc1. The Balaban J connectivity index is 1.91. The van der Waals surface area contributed by atoms with E-state index in [9.17, 15) is 14.9 Å². The molecule has 0 saturated heterocycles. The van der Waals surface area contributed by atoms with E-state index < -0.39 is 0 Å². The van der Waals surface area contributed by atoms with Crippen molar-refractivity contribution >= 4 is 34.5 Å². The topological polar surface area (TPSA) is 78.1 Å².